The SMILES string of the molecule is COc1ccc(S(=O)(=O)C2CN(C(=O)Cc3c(C)noc3C)C2)cc1. The third-order valence-corrected chi connectivity index (χ3v) is 6.64. The molecule has 0 spiro atoms. The van der Waals surface area contributed by atoms with Gasteiger partial charge in [-0.25, -0.2) is 8.42 Å². The largest absolute Gasteiger partial charge is 0.497 e. The van der Waals surface area contributed by atoms with Crippen molar-refractivity contribution in [2.45, 2.75) is 30.4 Å². The molecule has 0 radical (unpaired) electrons. The van der Waals surface area contributed by atoms with Crippen molar-refractivity contribution in [1.29, 1.82) is 0 Å². The first kappa shape index (κ1) is 17.5. The average molecular weight is 364 g/mol. The summed E-state index contributed by atoms with van der Waals surface area (Å²) in [6.07, 6.45) is 0.177. The van der Waals surface area contributed by atoms with Gasteiger partial charge in [0.05, 0.1) is 24.1 Å². The lowest BCUT2D eigenvalue weighted by atomic mass is 10.1. The summed E-state index contributed by atoms with van der Waals surface area (Å²) in [5, 5.41) is 3.25. The number of likely N-dealkylation sites (tertiary alicyclic amines) is 1. The van der Waals surface area contributed by atoms with E-state index in [1.54, 1.807) is 30.9 Å². The van der Waals surface area contributed by atoms with Crippen molar-refractivity contribution in [2.24, 2.45) is 0 Å². The van der Waals surface area contributed by atoms with Gasteiger partial charge in [0.25, 0.3) is 0 Å². The fourth-order valence-electron chi connectivity index (χ4n) is 2.81. The van der Waals surface area contributed by atoms with Crippen LogP contribution in [0, 0.1) is 13.8 Å². The molecule has 7 nitrogen and oxygen atoms in total. The number of aryl methyl sites for hydroxylation is 2. The molecule has 2 heterocycles. The first-order chi connectivity index (χ1) is 11.8. The zero-order valence-corrected chi connectivity index (χ0v) is 15.2. The van der Waals surface area contributed by atoms with Crippen LogP contribution in [0.4, 0.5) is 0 Å². The second-order valence-corrected chi connectivity index (χ2v) is 8.35. The number of nitrogens with zero attached hydrogens (tertiary/aromatic N) is 2. The number of amides is 1. The zero-order chi connectivity index (χ0) is 18.2. The van der Waals surface area contributed by atoms with Gasteiger partial charge in [-0.05, 0) is 38.1 Å². The maximum atomic E-state index is 12.6. The van der Waals surface area contributed by atoms with Gasteiger partial charge in [0.15, 0.2) is 9.84 Å². The van der Waals surface area contributed by atoms with Gasteiger partial charge in [-0.2, -0.15) is 0 Å². The third kappa shape index (κ3) is 3.26. The Hall–Kier alpha value is -2.35. The van der Waals surface area contributed by atoms with Crippen LogP contribution >= 0.6 is 0 Å². The first-order valence-electron chi connectivity index (χ1n) is 7.90. The molecule has 0 N–H and O–H groups in total. The number of ether oxygens (including phenoxy) is 1. The highest BCUT2D eigenvalue weighted by atomic mass is 32.2. The van der Waals surface area contributed by atoms with Gasteiger partial charge in [-0.15, -0.1) is 0 Å². The fraction of sp³-hybridized carbons (Fsp3) is 0.412. The van der Waals surface area contributed by atoms with E-state index in [1.807, 2.05) is 0 Å². The summed E-state index contributed by atoms with van der Waals surface area (Å²) in [6, 6.07) is 6.29. The lowest BCUT2D eigenvalue weighted by Crippen LogP contribution is -2.57. The van der Waals surface area contributed by atoms with E-state index in [1.165, 1.54) is 19.2 Å². The molecule has 0 unspecified atom stereocenters. The molecular weight excluding hydrogens is 344 g/mol. The molecule has 1 saturated heterocycles. The fourth-order valence-corrected chi connectivity index (χ4v) is 4.47. The van der Waals surface area contributed by atoms with Gasteiger partial charge in [-0.3, -0.25) is 4.79 Å². The Morgan fingerprint density at radius 2 is 1.92 bits per heavy atom. The summed E-state index contributed by atoms with van der Waals surface area (Å²) in [5.74, 6) is 1.10. The third-order valence-electron chi connectivity index (χ3n) is 4.54. The van der Waals surface area contributed by atoms with Crippen LogP contribution in [0.1, 0.15) is 17.0 Å². The summed E-state index contributed by atoms with van der Waals surface area (Å²) in [5.41, 5.74) is 1.46. The van der Waals surface area contributed by atoms with Gasteiger partial charge in [-0.1, -0.05) is 5.16 Å². The lowest BCUT2D eigenvalue weighted by Gasteiger charge is -2.38. The highest BCUT2D eigenvalue weighted by Gasteiger charge is 2.40. The van der Waals surface area contributed by atoms with Crippen LogP contribution in [0.2, 0.25) is 0 Å². The number of hydrogen-bond acceptors (Lipinski definition) is 6. The Balaban J connectivity index is 1.63. The molecule has 0 saturated carbocycles. The minimum absolute atomic E-state index is 0.115. The quantitative estimate of drug-likeness (QED) is 0.799. The Bertz CT molecular complexity index is 861. The van der Waals surface area contributed by atoms with Crippen molar-refractivity contribution >= 4 is 15.7 Å². The number of benzene rings is 1. The van der Waals surface area contributed by atoms with Crippen LogP contribution in [0.5, 0.6) is 5.75 Å². The first-order valence-corrected chi connectivity index (χ1v) is 9.45. The van der Waals surface area contributed by atoms with Crippen molar-refractivity contribution in [3.8, 4) is 5.75 Å². The molecule has 0 bridgehead atoms. The van der Waals surface area contributed by atoms with E-state index in [0.29, 0.717) is 17.2 Å². The summed E-state index contributed by atoms with van der Waals surface area (Å²) < 4.78 is 35.3. The Morgan fingerprint density at radius 1 is 1.28 bits per heavy atom. The normalized spacial score (nSPS) is 15.1. The monoisotopic (exact) mass is 364 g/mol. The minimum Gasteiger partial charge on any atom is -0.497 e. The second kappa shape index (κ2) is 6.51. The van der Waals surface area contributed by atoms with E-state index in [-0.39, 0.29) is 30.3 Å². The second-order valence-electron chi connectivity index (χ2n) is 6.12. The van der Waals surface area contributed by atoms with E-state index in [2.05, 4.69) is 5.16 Å². The molecule has 0 atom stereocenters. The molecule has 1 aliphatic rings. The lowest BCUT2D eigenvalue weighted by molar-refractivity contribution is -0.133. The van der Waals surface area contributed by atoms with E-state index >= 15 is 0 Å². The molecule has 0 aliphatic carbocycles. The molecule has 1 amide bonds. The highest BCUT2D eigenvalue weighted by molar-refractivity contribution is 7.92. The standard InChI is InChI=1S/C17H20N2O5S/c1-11-16(12(2)24-18-11)8-17(20)19-9-15(10-19)25(21,22)14-6-4-13(23-3)5-7-14/h4-7,15H,8-10H2,1-3H3. The number of hydrogen-bond donors (Lipinski definition) is 0. The molecular formula is C17H20N2O5S. The Kier molecular flexibility index (Phi) is 4.55. The summed E-state index contributed by atoms with van der Waals surface area (Å²) in [6.45, 7) is 3.95. The van der Waals surface area contributed by atoms with Crippen molar-refractivity contribution in [2.75, 3.05) is 20.2 Å². The summed E-state index contributed by atoms with van der Waals surface area (Å²) in [7, 11) is -1.93. The molecule has 1 fully saturated rings. The van der Waals surface area contributed by atoms with Gasteiger partial charge in [0, 0.05) is 18.7 Å². The van der Waals surface area contributed by atoms with Gasteiger partial charge >= 0.3 is 0 Å². The van der Waals surface area contributed by atoms with Crippen LogP contribution in [0.3, 0.4) is 0 Å². The summed E-state index contributed by atoms with van der Waals surface area (Å²) in [4.78, 5) is 14.1. The van der Waals surface area contributed by atoms with E-state index < -0.39 is 15.1 Å². The van der Waals surface area contributed by atoms with Crippen molar-refractivity contribution in [3.63, 3.8) is 0 Å². The molecule has 2 aromatic rings. The summed E-state index contributed by atoms with van der Waals surface area (Å²) >= 11 is 0. The minimum atomic E-state index is -3.45. The van der Waals surface area contributed by atoms with E-state index in [9.17, 15) is 13.2 Å². The topological polar surface area (TPSA) is 89.7 Å². The number of carbonyl (C=O) groups is 1. The maximum Gasteiger partial charge on any atom is 0.227 e. The Morgan fingerprint density at radius 3 is 2.44 bits per heavy atom. The number of carbonyl (C=O) groups excluding carboxylic acids is 1. The predicted molar refractivity (Wildman–Crippen MR) is 90.2 cm³/mol. The molecule has 1 aromatic heterocycles. The average Bonchev–Trinajstić information content (AvgIpc) is 2.85. The van der Waals surface area contributed by atoms with E-state index in [4.69, 9.17) is 9.26 Å². The molecule has 3 rings (SSSR count). The number of rotatable bonds is 5. The smallest absolute Gasteiger partial charge is 0.227 e. The molecule has 1 aliphatic heterocycles. The van der Waals surface area contributed by atoms with Crippen molar-refractivity contribution in [3.05, 3.63) is 41.3 Å². The van der Waals surface area contributed by atoms with Crippen LogP contribution in [0.15, 0.2) is 33.7 Å². The van der Waals surface area contributed by atoms with Crippen LogP contribution < -0.4 is 4.74 Å². The highest BCUT2D eigenvalue weighted by Crippen LogP contribution is 2.26. The predicted octanol–water partition coefficient (Wildman–Crippen LogP) is 1.53. The Labute approximate surface area is 146 Å². The van der Waals surface area contributed by atoms with Gasteiger partial charge in [0.2, 0.25) is 5.91 Å². The number of aromatic nitrogens is 1. The molecule has 8 heteroatoms. The number of methoxy groups -OCH3 is 1. The van der Waals surface area contributed by atoms with Crippen LogP contribution in [-0.2, 0) is 21.1 Å². The van der Waals surface area contributed by atoms with Gasteiger partial charge in [0.1, 0.15) is 16.8 Å². The van der Waals surface area contributed by atoms with Crippen molar-refractivity contribution in [1.82, 2.24) is 10.1 Å². The van der Waals surface area contributed by atoms with Gasteiger partial charge < -0.3 is 14.2 Å². The molecule has 25 heavy (non-hydrogen) atoms. The van der Waals surface area contributed by atoms with E-state index in [0.717, 1.165) is 5.56 Å². The molecule has 134 valence electrons. The van der Waals surface area contributed by atoms with Crippen molar-refractivity contribution < 1.29 is 22.5 Å². The zero-order valence-electron chi connectivity index (χ0n) is 14.4. The van der Waals surface area contributed by atoms with Crippen LogP contribution in [-0.4, -0.2) is 49.8 Å². The van der Waals surface area contributed by atoms with Crippen LogP contribution in [0.25, 0.3) is 0 Å². The molecule has 1 aromatic carbocycles. The number of sulfone groups is 1. The maximum absolute atomic E-state index is 12.6.